The van der Waals surface area contributed by atoms with Crippen LogP contribution in [-0.4, -0.2) is 15.7 Å². The number of benzene rings is 1. The second kappa shape index (κ2) is 6.98. The molecule has 0 bridgehead atoms. The molecule has 6 nitrogen and oxygen atoms in total. The first-order valence-electron chi connectivity index (χ1n) is 8.87. The number of allylic oxidation sites excluding steroid dienone is 1. The van der Waals surface area contributed by atoms with E-state index in [1.54, 1.807) is 16.0 Å². The summed E-state index contributed by atoms with van der Waals surface area (Å²) in [7, 11) is 0. The Morgan fingerprint density at radius 2 is 2.14 bits per heavy atom. The maximum Gasteiger partial charge on any atom is 0.255 e. The smallest absolute Gasteiger partial charge is 0.255 e. The van der Waals surface area contributed by atoms with E-state index in [4.69, 9.17) is 0 Å². The van der Waals surface area contributed by atoms with Crippen LogP contribution in [0.5, 0.6) is 0 Å². The number of carbonyl (C=O) groups is 1. The predicted octanol–water partition coefficient (Wildman–Crippen LogP) is 4.36. The van der Waals surface area contributed by atoms with Gasteiger partial charge in [-0.25, -0.2) is 4.68 Å². The number of anilines is 2. The van der Waals surface area contributed by atoms with Gasteiger partial charge in [-0.05, 0) is 43.8 Å². The molecule has 28 heavy (non-hydrogen) atoms. The van der Waals surface area contributed by atoms with Crippen LogP contribution in [0.2, 0.25) is 0 Å². The van der Waals surface area contributed by atoms with Gasteiger partial charge in [0.05, 0.1) is 11.8 Å². The molecule has 0 saturated carbocycles. The molecule has 2 aromatic heterocycles. The molecule has 4 rings (SSSR count). The molecule has 0 radical (unpaired) electrons. The van der Waals surface area contributed by atoms with Gasteiger partial charge in [-0.1, -0.05) is 23.8 Å². The molecule has 1 aromatic carbocycles. The molecule has 140 valence electrons. The van der Waals surface area contributed by atoms with Crippen LogP contribution in [0.25, 0.3) is 0 Å². The number of rotatable bonds is 3. The lowest BCUT2D eigenvalue weighted by molar-refractivity contribution is -0.113. The van der Waals surface area contributed by atoms with Crippen LogP contribution >= 0.6 is 11.3 Å². The van der Waals surface area contributed by atoms with Crippen LogP contribution in [0.1, 0.15) is 34.5 Å². The first kappa shape index (κ1) is 18.0. The number of nitrogens with one attached hydrogen (secondary N) is 2. The SMILES string of the molecule is CC1=C(C(=O)Nc2ccc(C)cc2C)[C@@H](c2cccs2)n2ncc(C#N)c2N1. The summed E-state index contributed by atoms with van der Waals surface area (Å²) in [6.45, 7) is 5.86. The molecular formula is C21H19N5OS. The number of nitrogens with zero attached hydrogens (tertiary/aromatic N) is 3. The van der Waals surface area contributed by atoms with Gasteiger partial charge in [0.1, 0.15) is 23.5 Å². The van der Waals surface area contributed by atoms with Gasteiger partial charge in [0, 0.05) is 16.3 Å². The van der Waals surface area contributed by atoms with Crippen molar-refractivity contribution in [2.45, 2.75) is 26.8 Å². The number of fused-ring (bicyclic) bond motifs is 1. The van der Waals surface area contributed by atoms with Crippen molar-refractivity contribution in [3.63, 3.8) is 0 Å². The van der Waals surface area contributed by atoms with E-state index in [9.17, 15) is 10.1 Å². The van der Waals surface area contributed by atoms with E-state index in [-0.39, 0.29) is 11.9 Å². The van der Waals surface area contributed by atoms with Crippen LogP contribution in [0.15, 0.2) is 53.2 Å². The zero-order valence-electron chi connectivity index (χ0n) is 15.8. The Kier molecular flexibility index (Phi) is 4.49. The maximum atomic E-state index is 13.3. The van der Waals surface area contributed by atoms with Gasteiger partial charge in [0.25, 0.3) is 5.91 Å². The fourth-order valence-corrected chi connectivity index (χ4v) is 4.30. The van der Waals surface area contributed by atoms with Gasteiger partial charge >= 0.3 is 0 Å². The molecule has 0 aliphatic carbocycles. The fraction of sp³-hybridized carbons (Fsp3) is 0.190. The summed E-state index contributed by atoms with van der Waals surface area (Å²) in [5.74, 6) is 0.427. The summed E-state index contributed by atoms with van der Waals surface area (Å²) in [5, 5.41) is 22.0. The average molecular weight is 389 g/mol. The van der Waals surface area contributed by atoms with Crippen molar-refractivity contribution in [3.8, 4) is 6.07 Å². The summed E-state index contributed by atoms with van der Waals surface area (Å²) in [6.07, 6.45) is 1.53. The lowest BCUT2D eigenvalue weighted by Gasteiger charge is -2.29. The van der Waals surface area contributed by atoms with Crippen molar-refractivity contribution in [2.75, 3.05) is 10.6 Å². The predicted molar refractivity (Wildman–Crippen MR) is 110 cm³/mol. The van der Waals surface area contributed by atoms with Crippen molar-refractivity contribution in [3.05, 3.63) is 74.7 Å². The molecule has 1 aliphatic heterocycles. The first-order valence-corrected chi connectivity index (χ1v) is 9.75. The van der Waals surface area contributed by atoms with E-state index in [2.05, 4.69) is 21.8 Å². The number of hydrogen-bond acceptors (Lipinski definition) is 5. The van der Waals surface area contributed by atoms with Crippen LogP contribution < -0.4 is 10.6 Å². The van der Waals surface area contributed by atoms with E-state index < -0.39 is 0 Å². The zero-order valence-corrected chi connectivity index (χ0v) is 16.6. The number of nitriles is 1. The first-order chi connectivity index (χ1) is 13.5. The number of amides is 1. The van der Waals surface area contributed by atoms with E-state index in [0.717, 1.165) is 21.7 Å². The molecule has 1 aliphatic rings. The molecule has 3 heterocycles. The van der Waals surface area contributed by atoms with Gasteiger partial charge < -0.3 is 10.6 Å². The third-order valence-electron chi connectivity index (χ3n) is 4.83. The normalized spacial score (nSPS) is 15.6. The van der Waals surface area contributed by atoms with Gasteiger partial charge in [0.2, 0.25) is 0 Å². The summed E-state index contributed by atoms with van der Waals surface area (Å²) >= 11 is 1.56. The zero-order chi connectivity index (χ0) is 19.8. The second-order valence-electron chi connectivity index (χ2n) is 6.82. The van der Waals surface area contributed by atoms with Gasteiger partial charge in [-0.2, -0.15) is 10.4 Å². The molecule has 0 saturated heterocycles. The Morgan fingerprint density at radius 3 is 2.82 bits per heavy atom. The van der Waals surface area contributed by atoms with Crippen molar-refractivity contribution < 1.29 is 4.79 Å². The van der Waals surface area contributed by atoms with Crippen LogP contribution in [-0.2, 0) is 4.79 Å². The number of aromatic nitrogens is 2. The molecular weight excluding hydrogens is 370 g/mol. The highest BCUT2D eigenvalue weighted by molar-refractivity contribution is 7.10. The van der Waals surface area contributed by atoms with E-state index >= 15 is 0 Å². The highest BCUT2D eigenvalue weighted by Gasteiger charge is 2.34. The Hall–Kier alpha value is -3.37. The van der Waals surface area contributed by atoms with Crippen molar-refractivity contribution >= 4 is 28.7 Å². The lowest BCUT2D eigenvalue weighted by Crippen LogP contribution is -2.31. The highest BCUT2D eigenvalue weighted by Crippen LogP contribution is 2.39. The minimum Gasteiger partial charge on any atom is -0.343 e. The maximum absolute atomic E-state index is 13.3. The topological polar surface area (TPSA) is 82.7 Å². The van der Waals surface area contributed by atoms with E-state index in [1.165, 1.54) is 6.20 Å². The third-order valence-corrected chi connectivity index (χ3v) is 5.76. The number of hydrogen-bond donors (Lipinski definition) is 2. The monoisotopic (exact) mass is 389 g/mol. The van der Waals surface area contributed by atoms with Crippen LogP contribution in [0, 0.1) is 25.2 Å². The van der Waals surface area contributed by atoms with Gasteiger partial charge in [0.15, 0.2) is 0 Å². The van der Waals surface area contributed by atoms with E-state index in [0.29, 0.717) is 22.7 Å². The highest BCUT2D eigenvalue weighted by atomic mass is 32.1. The molecule has 0 spiro atoms. The number of thiophene rings is 1. The molecule has 0 fully saturated rings. The third kappa shape index (κ3) is 2.98. The molecule has 3 aromatic rings. The molecule has 7 heteroatoms. The average Bonchev–Trinajstić information content (AvgIpc) is 3.32. The summed E-state index contributed by atoms with van der Waals surface area (Å²) in [5.41, 5.74) is 4.69. The Labute approximate surface area is 167 Å². The van der Waals surface area contributed by atoms with E-state index in [1.807, 2.05) is 56.5 Å². The Bertz CT molecular complexity index is 1130. The number of aryl methyl sites for hydroxylation is 2. The van der Waals surface area contributed by atoms with Crippen molar-refractivity contribution in [1.29, 1.82) is 5.26 Å². The fourth-order valence-electron chi connectivity index (χ4n) is 3.48. The second-order valence-corrected chi connectivity index (χ2v) is 7.80. The molecule has 1 amide bonds. The Morgan fingerprint density at radius 1 is 1.32 bits per heavy atom. The summed E-state index contributed by atoms with van der Waals surface area (Å²) in [4.78, 5) is 14.3. The molecule has 2 N–H and O–H groups in total. The van der Waals surface area contributed by atoms with Crippen LogP contribution in [0.4, 0.5) is 11.5 Å². The quantitative estimate of drug-likeness (QED) is 0.697. The Balaban J connectivity index is 1.78. The molecule has 0 unspecified atom stereocenters. The van der Waals surface area contributed by atoms with Crippen LogP contribution in [0.3, 0.4) is 0 Å². The number of carbonyl (C=O) groups excluding carboxylic acids is 1. The van der Waals surface area contributed by atoms with Crippen molar-refractivity contribution in [1.82, 2.24) is 9.78 Å². The largest absolute Gasteiger partial charge is 0.343 e. The summed E-state index contributed by atoms with van der Waals surface area (Å²) < 4.78 is 1.72. The standard InChI is InChI=1S/C21H19N5OS/c1-12-6-7-16(13(2)9-12)25-21(27)18-14(3)24-20-15(10-22)11-23-26(20)19(18)17-5-4-8-28-17/h4-9,11,19,24H,1-3H3,(H,25,27)/t19-/m1/s1. The minimum atomic E-state index is -0.385. The van der Waals surface area contributed by atoms with Gasteiger partial charge in [-0.3, -0.25) is 4.79 Å². The lowest BCUT2D eigenvalue weighted by atomic mass is 9.99. The minimum absolute atomic E-state index is 0.185. The van der Waals surface area contributed by atoms with Gasteiger partial charge in [-0.15, -0.1) is 11.3 Å². The molecule has 1 atom stereocenters. The van der Waals surface area contributed by atoms with Crippen molar-refractivity contribution in [2.24, 2.45) is 0 Å². The summed E-state index contributed by atoms with van der Waals surface area (Å²) in [6, 6.07) is 11.6.